The number of rotatable bonds is 3. The lowest BCUT2D eigenvalue weighted by Crippen LogP contribution is -2.00. The van der Waals surface area contributed by atoms with Crippen LogP contribution in [0.5, 0.6) is 5.88 Å². The van der Waals surface area contributed by atoms with Gasteiger partial charge in [0.05, 0.1) is 17.0 Å². The maximum absolute atomic E-state index is 14.3. The Labute approximate surface area is 156 Å². The van der Waals surface area contributed by atoms with Crippen molar-refractivity contribution < 1.29 is 23.8 Å². The van der Waals surface area contributed by atoms with Gasteiger partial charge in [-0.05, 0) is 31.2 Å². The number of carbonyl (C=O) groups is 1. The van der Waals surface area contributed by atoms with E-state index in [1.807, 2.05) is 0 Å². The number of aromatic nitrogens is 4. The Morgan fingerprint density at radius 1 is 1.14 bits per heavy atom. The van der Waals surface area contributed by atoms with E-state index in [0.29, 0.717) is 16.8 Å². The summed E-state index contributed by atoms with van der Waals surface area (Å²) in [7, 11) is 0. The van der Waals surface area contributed by atoms with Crippen molar-refractivity contribution in [3.63, 3.8) is 0 Å². The molecule has 0 saturated heterocycles. The Morgan fingerprint density at radius 2 is 1.93 bits per heavy atom. The second kappa shape index (κ2) is 6.38. The summed E-state index contributed by atoms with van der Waals surface area (Å²) >= 11 is 0. The first-order valence-electron chi connectivity index (χ1n) is 8.09. The molecular formula is C19H12F2N4O3. The molecule has 3 aromatic heterocycles. The highest BCUT2D eigenvalue weighted by atomic mass is 19.1. The fraction of sp³-hybridized carbons (Fsp3) is 0.0526. The molecule has 0 bridgehead atoms. The molecule has 0 aliphatic carbocycles. The van der Waals surface area contributed by atoms with Gasteiger partial charge >= 0.3 is 5.97 Å². The number of hydrogen-bond donors (Lipinski definition) is 2. The number of fused-ring (bicyclic) bond motifs is 1. The molecule has 3 heterocycles. The zero-order valence-corrected chi connectivity index (χ0v) is 14.4. The largest absolute Gasteiger partial charge is 0.493 e. The molecule has 9 heteroatoms. The third kappa shape index (κ3) is 2.82. The summed E-state index contributed by atoms with van der Waals surface area (Å²) < 4.78 is 28.8. The van der Waals surface area contributed by atoms with Gasteiger partial charge in [-0.1, -0.05) is 0 Å². The Hall–Kier alpha value is -3.88. The molecule has 28 heavy (non-hydrogen) atoms. The van der Waals surface area contributed by atoms with Gasteiger partial charge in [0.1, 0.15) is 17.3 Å². The molecule has 0 unspecified atom stereocenters. The standard InChI is InChI=1S/C19H12F2N4O3/c1-9-17(12-4-3-11(20)6-13(12)21)18-23-15(7-16(26)25(18)24-9)10-2-5-14(19(27)28)22-8-10/h2-8,26H,1H3,(H,27,28). The van der Waals surface area contributed by atoms with Crippen LogP contribution >= 0.6 is 0 Å². The molecule has 1 aromatic carbocycles. The Bertz CT molecular complexity index is 1240. The van der Waals surface area contributed by atoms with E-state index in [9.17, 15) is 18.7 Å². The summed E-state index contributed by atoms with van der Waals surface area (Å²) in [5.74, 6) is -2.91. The zero-order valence-electron chi connectivity index (χ0n) is 14.4. The third-order valence-electron chi connectivity index (χ3n) is 4.22. The lowest BCUT2D eigenvalue weighted by atomic mass is 10.1. The number of pyridine rings is 1. The summed E-state index contributed by atoms with van der Waals surface area (Å²) in [6.07, 6.45) is 1.31. The molecule has 0 amide bonds. The number of carboxylic acids is 1. The van der Waals surface area contributed by atoms with Crippen LogP contribution < -0.4 is 0 Å². The van der Waals surface area contributed by atoms with Gasteiger partial charge < -0.3 is 10.2 Å². The number of aryl methyl sites for hydroxylation is 1. The van der Waals surface area contributed by atoms with Gasteiger partial charge in [-0.15, -0.1) is 0 Å². The van der Waals surface area contributed by atoms with Crippen LogP contribution in [0.25, 0.3) is 28.0 Å². The van der Waals surface area contributed by atoms with E-state index < -0.39 is 17.6 Å². The van der Waals surface area contributed by atoms with Crippen LogP contribution in [0.1, 0.15) is 16.2 Å². The summed E-state index contributed by atoms with van der Waals surface area (Å²) in [5.41, 5.74) is 1.57. The summed E-state index contributed by atoms with van der Waals surface area (Å²) in [6, 6.07) is 7.31. The molecule has 7 nitrogen and oxygen atoms in total. The van der Waals surface area contributed by atoms with E-state index in [2.05, 4.69) is 15.1 Å². The maximum Gasteiger partial charge on any atom is 0.354 e. The molecule has 4 aromatic rings. The molecule has 0 spiro atoms. The SMILES string of the molecule is Cc1nn2c(O)cc(-c3ccc(C(=O)O)nc3)nc2c1-c1ccc(F)cc1F. The number of benzene rings is 1. The Kier molecular flexibility index (Phi) is 3.99. The highest BCUT2D eigenvalue weighted by Crippen LogP contribution is 2.33. The van der Waals surface area contributed by atoms with E-state index in [4.69, 9.17) is 5.11 Å². The molecule has 4 rings (SSSR count). The highest BCUT2D eigenvalue weighted by molar-refractivity contribution is 5.86. The minimum atomic E-state index is -1.17. The average molecular weight is 382 g/mol. The normalized spacial score (nSPS) is 11.1. The van der Waals surface area contributed by atoms with E-state index in [1.54, 1.807) is 6.92 Å². The van der Waals surface area contributed by atoms with Crippen LogP contribution in [0.15, 0.2) is 42.6 Å². The van der Waals surface area contributed by atoms with Gasteiger partial charge in [0, 0.05) is 29.5 Å². The van der Waals surface area contributed by atoms with Crippen molar-refractivity contribution in [3.8, 4) is 28.3 Å². The van der Waals surface area contributed by atoms with E-state index in [1.165, 1.54) is 30.5 Å². The van der Waals surface area contributed by atoms with Crippen molar-refractivity contribution in [2.24, 2.45) is 0 Å². The van der Waals surface area contributed by atoms with Crippen molar-refractivity contribution in [2.45, 2.75) is 6.92 Å². The number of aromatic hydroxyl groups is 1. The van der Waals surface area contributed by atoms with Gasteiger partial charge in [0.2, 0.25) is 5.88 Å². The molecule has 2 N–H and O–H groups in total. The molecule has 0 aliphatic heterocycles. The van der Waals surface area contributed by atoms with Gasteiger partial charge in [-0.3, -0.25) is 0 Å². The maximum atomic E-state index is 14.3. The van der Waals surface area contributed by atoms with Crippen molar-refractivity contribution in [3.05, 3.63) is 65.6 Å². The predicted octanol–water partition coefficient (Wildman–Crippen LogP) is 3.45. The van der Waals surface area contributed by atoms with Gasteiger partial charge in [0.25, 0.3) is 0 Å². The van der Waals surface area contributed by atoms with Crippen LogP contribution in [0.3, 0.4) is 0 Å². The molecule has 140 valence electrons. The fourth-order valence-corrected chi connectivity index (χ4v) is 2.94. The molecule has 0 fully saturated rings. The topological polar surface area (TPSA) is 101 Å². The third-order valence-corrected chi connectivity index (χ3v) is 4.22. The second-order valence-electron chi connectivity index (χ2n) is 6.06. The Morgan fingerprint density at radius 3 is 2.57 bits per heavy atom. The highest BCUT2D eigenvalue weighted by Gasteiger charge is 2.20. The minimum Gasteiger partial charge on any atom is -0.493 e. The summed E-state index contributed by atoms with van der Waals surface area (Å²) in [6.45, 7) is 1.62. The van der Waals surface area contributed by atoms with E-state index in [0.717, 1.165) is 16.6 Å². The fourth-order valence-electron chi connectivity index (χ4n) is 2.94. The first kappa shape index (κ1) is 17.5. The monoisotopic (exact) mass is 382 g/mol. The number of halogens is 2. The zero-order chi connectivity index (χ0) is 20.0. The van der Waals surface area contributed by atoms with Crippen LogP contribution in [-0.2, 0) is 0 Å². The first-order valence-corrected chi connectivity index (χ1v) is 8.09. The van der Waals surface area contributed by atoms with Gasteiger partial charge in [-0.2, -0.15) is 9.61 Å². The molecule has 0 atom stereocenters. The predicted molar refractivity (Wildman–Crippen MR) is 94.9 cm³/mol. The summed E-state index contributed by atoms with van der Waals surface area (Å²) in [4.78, 5) is 19.2. The van der Waals surface area contributed by atoms with Crippen LogP contribution in [0.4, 0.5) is 8.78 Å². The molecular weight excluding hydrogens is 370 g/mol. The molecule has 0 aliphatic rings. The van der Waals surface area contributed by atoms with Crippen molar-refractivity contribution in [2.75, 3.05) is 0 Å². The quantitative estimate of drug-likeness (QED) is 0.563. The van der Waals surface area contributed by atoms with E-state index in [-0.39, 0.29) is 28.5 Å². The smallest absolute Gasteiger partial charge is 0.354 e. The first-order chi connectivity index (χ1) is 13.3. The van der Waals surface area contributed by atoms with Crippen molar-refractivity contribution in [1.29, 1.82) is 0 Å². The van der Waals surface area contributed by atoms with Gasteiger partial charge in [-0.25, -0.2) is 23.5 Å². The van der Waals surface area contributed by atoms with Crippen molar-refractivity contribution >= 4 is 11.6 Å². The average Bonchev–Trinajstić information content (AvgIpc) is 2.98. The van der Waals surface area contributed by atoms with Crippen LogP contribution in [0, 0.1) is 18.6 Å². The minimum absolute atomic E-state index is 0.0947. The van der Waals surface area contributed by atoms with Crippen molar-refractivity contribution in [1.82, 2.24) is 19.6 Å². The van der Waals surface area contributed by atoms with E-state index >= 15 is 0 Å². The summed E-state index contributed by atoms with van der Waals surface area (Å²) in [5, 5.41) is 23.5. The lowest BCUT2D eigenvalue weighted by Gasteiger charge is -2.06. The van der Waals surface area contributed by atoms with Crippen LogP contribution in [-0.4, -0.2) is 35.8 Å². The number of hydrogen-bond acceptors (Lipinski definition) is 5. The Balaban J connectivity index is 1.93. The number of nitrogens with zero attached hydrogens (tertiary/aromatic N) is 4. The van der Waals surface area contributed by atoms with Gasteiger partial charge in [0.15, 0.2) is 5.65 Å². The van der Waals surface area contributed by atoms with Crippen LogP contribution in [0.2, 0.25) is 0 Å². The number of carboxylic acid groups (broad SMARTS) is 1. The lowest BCUT2D eigenvalue weighted by molar-refractivity contribution is 0.0690. The molecule has 0 radical (unpaired) electrons. The number of aromatic carboxylic acids is 1. The second-order valence-corrected chi connectivity index (χ2v) is 6.06. The molecule has 0 saturated carbocycles.